The number of aromatic nitrogens is 1. The second kappa shape index (κ2) is 9.59. The van der Waals surface area contributed by atoms with Crippen LogP contribution in [0.1, 0.15) is 31.9 Å². The maximum Gasteiger partial charge on any atom is 0.255 e. The smallest absolute Gasteiger partial charge is 0.255 e. The van der Waals surface area contributed by atoms with E-state index >= 15 is 0 Å². The standard InChI is InChI=1S/C30H34NO4/c1-30(2,3)24-10-8-9-19(14-24)25-15-22(16-26(33-5)29(25)35-7)23-13-20-11-12-21(18-32)28(34-6)27(20)31(4)17-23/h8-17,32H,18H2,1-7H3/q+1. The number of methoxy groups -OCH3 is 3. The van der Waals surface area contributed by atoms with Gasteiger partial charge in [-0.05, 0) is 46.4 Å². The second-order valence-corrected chi connectivity index (χ2v) is 9.78. The second-order valence-electron chi connectivity index (χ2n) is 9.78. The highest BCUT2D eigenvalue weighted by Gasteiger charge is 2.21. The first kappa shape index (κ1) is 24.6. The average molecular weight is 473 g/mol. The average Bonchev–Trinajstić information content (AvgIpc) is 2.86. The SMILES string of the molecule is COc1cc(-c2cc3ccc(CO)c(OC)c3[n+](C)c2)cc(-c2cccc(C(C)(C)C)c2)c1OC. The van der Waals surface area contributed by atoms with Crippen LogP contribution in [-0.2, 0) is 19.1 Å². The van der Waals surface area contributed by atoms with Gasteiger partial charge in [0.25, 0.3) is 5.52 Å². The Kier molecular flexibility index (Phi) is 6.73. The molecule has 5 nitrogen and oxygen atoms in total. The van der Waals surface area contributed by atoms with Crippen molar-refractivity contribution in [2.24, 2.45) is 7.05 Å². The van der Waals surface area contributed by atoms with Crippen LogP contribution in [0.25, 0.3) is 33.2 Å². The van der Waals surface area contributed by atoms with Crippen LogP contribution in [0.3, 0.4) is 0 Å². The zero-order chi connectivity index (χ0) is 25.3. The van der Waals surface area contributed by atoms with Crippen molar-refractivity contribution >= 4 is 10.9 Å². The molecule has 0 aliphatic carbocycles. The number of fused-ring (bicyclic) bond motifs is 1. The van der Waals surface area contributed by atoms with Gasteiger partial charge in [0.1, 0.15) is 7.05 Å². The Morgan fingerprint density at radius 1 is 0.800 bits per heavy atom. The lowest BCUT2D eigenvalue weighted by molar-refractivity contribution is -0.644. The Morgan fingerprint density at radius 3 is 2.17 bits per heavy atom. The molecule has 1 N–H and O–H groups in total. The fourth-order valence-corrected chi connectivity index (χ4v) is 4.60. The molecule has 3 aromatic carbocycles. The molecule has 0 aliphatic rings. The fraction of sp³-hybridized carbons (Fsp3) is 0.300. The molecule has 1 heterocycles. The number of rotatable bonds is 6. The Labute approximate surface area is 207 Å². The van der Waals surface area contributed by atoms with E-state index in [-0.39, 0.29) is 12.0 Å². The molecule has 182 valence electrons. The summed E-state index contributed by atoms with van der Waals surface area (Å²) in [4.78, 5) is 0. The van der Waals surface area contributed by atoms with Crippen molar-refractivity contribution in [3.05, 3.63) is 71.9 Å². The minimum atomic E-state index is -0.0759. The molecule has 4 rings (SSSR count). The van der Waals surface area contributed by atoms with E-state index in [0.717, 1.165) is 38.7 Å². The van der Waals surface area contributed by atoms with E-state index in [1.807, 2.05) is 29.8 Å². The lowest BCUT2D eigenvalue weighted by Crippen LogP contribution is -2.29. The van der Waals surface area contributed by atoms with E-state index in [1.165, 1.54) is 5.56 Å². The quantitative estimate of drug-likeness (QED) is 0.360. The maximum absolute atomic E-state index is 9.73. The van der Waals surface area contributed by atoms with Crippen LogP contribution in [0.15, 0.2) is 60.8 Å². The molecule has 0 bridgehead atoms. The van der Waals surface area contributed by atoms with Crippen LogP contribution < -0.4 is 18.8 Å². The minimum absolute atomic E-state index is 0.0313. The third-order valence-electron chi connectivity index (χ3n) is 6.47. The van der Waals surface area contributed by atoms with Gasteiger partial charge in [0.2, 0.25) is 0 Å². The van der Waals surface area contributed by atoms with Crippen molar-refractivity contribution in [3.63, 3.8) is 0 Å². The molecule has 0 saturated carbocycles. The molecule has 5 heteroatoms. The molecule has 0 radical (unpaired) electrons. The zero-order valence-electron chi connectivity index (χ0n) is 21.6. The predicted molar refractivity (Wildman–Crippen MR) is 140 cm³/mol. The van der Waals surface area contributed by atoms with Crippen molar-refractivity contribution in [1.29, 1.82) is 0 Å². The van der Waals surface area contributed by atoms with Crippen LogP contribution in [0, 0.1) is 0 Å². The molecule has 4 aromatic rings. The Hall–Kier alpha value is -3.57. The summed E-state index contributed by atoms with van der Waals surface area (Å²) in [5, 5.41) is 10.8. The van der Waals surface area contributed by atoms with Gasteiger partial charge >= 0.3 is 0 Å². The molecule has 0 spiro atoms. The molecule has 0 saturated heterocycles. The highest BCUT2D eigenvalue weighted by atomic mass is 16.5. The maximum atomic E-state index is 9.73. The first-order valence-corrected chi connectivity index (χ1v) is 11.7. The topological polar surface area (TPSA) is 51.8 Å². The summed E-state index contributed by atoms with van der Waals surface area (Å²) < 4.78 is 19.3. The summed E-state index contributed by atoms with van der Waals surface area (Å²) in [5.41, 5.74) is 7.08. The predicted octanol–water partition coefficient (Wildman–Crippen LogP) is 5.81. The number of pyridine rings is 1. The highest BCUT2D eigenvalue weighted by Crippen LogP contribution is 2.43. The molecule has 0 fully saturated rings. The van der Waals surface area contributed by atoms with Crippen LogP contribution in [-0.4, -0.2) is 26.4 Å². The number of ether oxygens (including phenoxy) is 3. The van der Waals surface area contributed by atoms with Gasteiger partial charge < -0.3 is 19.3 Å². The van der Waals surface area contributed by atoms with Crippen LogP contribution in [0.4, 0.5) is 0 Å². The van der Waals surface area contributed by atoms with Crippen LogP contribution in [0.5, 0.6) is 17.2 Å². The Balaban J connectivity index is 1.95. The zero-order valence-corrected chi connectivity index (χ0v) is 21.6. The van der Waals surface area contributed by atoms with Crippen molar-refractivity contribution in [3.8, 4) is 39.5 Å². The number of nitrogens with zero attached hydrogens (tertiary/aromatic N) is 1. The molecule has 1 aromatic heterocycles. The van der Waals surface area contributed by atoms with Gasteiger partial charge in [-0.15, -0.1) is 0 Å². The fourth-order valence-electron chi connectivity index (χ4n) is 4.60. The summed E-state index contributed by atoms with van der Waals surface area (Å²) >= 11 is 0. The van der Waals surface area contributed by atoms with E-state index < -0.39 is 0 Å². The number of benzene rings is 3. The van der Waals surface area contributed by atoms with Crippen LogP contribution >= 0.6 is 0 Å². The van der Waals surface area contributed by atoms with E-state index in [9.17, 15) is 5.11 Å². The summed E-state index contributed by atoms with van der Waals surface area (Å²) in [6, 6.07) is 18.8. The highest BCUT2D eigenvalue weighted by molar-refractivity contribution is 5.88. The van der Waals surface area contributed by atoms with E-state index in [4.69, 9.17) is 14.2 Å². The van der Waals surface area contributed by atoms with Gasteiger partial charge in [0.15, 0.2) is 23.4 Å². The molecule has 0 aliphatic heterocycles. The minimum Gasteiger partial charge on any atom is -0.493 e. The number of hydrogen-bond donors (Lipinski definition) is 1. The monoisotopic (exact) mass is 472 g/mol. The van der Waals surface area contributed by atoms with Gasteiger partial charge in [-0.25, -0.2) is 0 Å². The third-order valence-corrected chi connectivity index (χ3v) is 6.47. The first-order valence-electron chi connectivity index (χ1n) is 11.7. The summed E-state index contributed by atoms with van der Waals surface area (Å²) in [6.45, 7) is 6.57. The largest absolute Gasteiger partial charge is 0.493 e. The van der Waals surface area contributed by atoms with Gasteiger partial charge in [0.05, 0.1) is 33.3 Å². The van der Waals surface area contributed by atoms with E-state index in [2.05, 4.69) is 63.4 Å². The summed E-state index contributed by atoms with van der Waals surface area (Å²) in [7, 11) is 6.96. The Morgan fingerprint density at radius 2 is 1.54 bits per heavy atom. The molecule has 35 heavy (non-hydrogen) atoms. The lowest BCUT2D eigenvalue weighted by atomic mass is 9.85. The van der Waals surface area contributed by atoms with Crippen molar-refractivity contribution in [2.45, 2.75) is 32.8 Å². The summed E-state index contributed by atoms with van der Waals surface area (Å²) in [6.07, 6.45) is 2.07. The van der Waals surface area contributed by atoms with Gasteiger partial charge in [-0.3, -0.25) is 0 Å². The van der Waals surface area contributed by atoms with E-state index in [1.54, 1.807) is 21.3 Å². The molecule has 0 atom stereocenters. The van der Waals surface area contributed by atoms with Crippen molar-refractivity contribution < 1.29 is 23.9 Å². The first-order chi connectivity index (χ1) is 16.7. The third kappa shape index (κ3) is 4.56. The Bertz CT molecular complexity index is 1390. The van der Waals surface area contributed by atoms with Gasteiger partial charge in [0, 0.05) is 16.7 Å². The lowest BCUT2D eigenvalue weighted by Gasteiger charge is -2.21. The van der Waals surface area contributed by atoms with Gasteiger partial charge in [-0.1, -0.05) is 51.1 Å². The van der Waals surface area contributed by atoms with E-state index in [0.29, 0.717) is 17.2 Å². The normalized spacial score (nSPS) is 11.5. The molecule has 0 amide bonds. The molecule has 0 unspecified atom stereocenters. The van der Waals surface area contributed by atoms with Crippen molar-refractivity contribution in [1.82, 2.24) is 0 Å². The van der Waals surface area contributed by atoms with Crippen molar-refractivity contribution in [2.75, 3.05) is 21.3 Å². The number of aliphatic hydroxyl groups is 1. The number of hydrogen-bond acceptors (Lipinski definition) is 4. The summed E-state index contributed by atoms with van der Waals surface area (Å²) in [5.74, 6) is 2.07. The van der Waals surface area contributed by atoms with Crippen LogP contribution in [0.2, 0.25) is 0 Å². The number of aryl methyl sites for hydroxylation is 1. The molecular formula is C30H34NO4+. The number of aliphatic hydroxyl groups excluding tert-OH is 1. The molecular weight excluding hydrogens is 438 g/mol. The van der Waals surface area contributed by atoms with Gasteiger partial charge in [-0.2, -0.15) is 4.57 Å².